The van der Waals surface area contributed by atoms with E-state index in [0.717, 1.165) is 31.1 Å². The van der Waals surface area contributed by atoms with Crippen molar-refractivity contribution in [2.45, 2.75) is 26.3 Å². The molecule has 0 saturated heterocycles. The second kappa shape index (κ2) is 7.41. The molecule has 1 unspecified atom stereocenters. The molecular weight excluding hydrogens is 422 g/mol. The van der Waals surface area contributed by atoms with E-state index >= 15 is 0 Å². The largest absolute Gasteiger partial charge is 0.306 e. The van der Waals surface area contributed by atoms with Gasteiger partial charge in [-0.2, -0.15) is 0 Å². The van der Waals surface area contributed by atoms with Gasteiger partial charge in [-0.3, -0.25) is 0 Å². The molecule has 2 rings (SSSR count). The first-order valence-corrected chi connectivity index (χ1v) is 9.25. The minimum absolute atomic E-state index is 0.158. The molecule has 20 heavy (non-hydrogen) atoms. The van der Waals surface area contributed by atoms with E-state index in [1.165, 1.54) is 11.1 Å². The monoisotopic (exact) mass is 435 g/mol. The lowest BCUT2D eigenvalue weighted by atomic mass is 9.96. The van der Waals surface area contributed by atoms with Crippen molar-refractivity contribution in [2.24, 2.45) is 0 Å². The molecule has 0 fully saturated rings. The standard InChI is InChI=1S/C15H16Br2ClNS/c1-3-7-19-14(11-8-13(16)20-15(11)17)10-5-4-6-12(18)9(10)2/h4-6,8,14,19H,3,7H2,1-2H3. The topological polar surface area (TPSA) is 12.0 Å². The van der Waals surface area contributed by atoms with Crippen LogP contribution in [0.3, 0.4) is 0 Å². The normalized spacial score (nSPS) is 12.7. The van der Waals surface area contributed by atoms with Gasteiger partial charge in [0.2, 0.25) is 0 Å². The molecule has 5 heteroatoms. The van der Waals surface area contributed by atoms with Gasteiger partial charge in [0, 0.05) is 5.02 Å². The van der Waals surface area contributed by atoms with E-state index in [4.69, 9.17) is 11.6 Å². The third-order valence-corrected chi connectivity index (χ3v) is 6.01. The molecule has 1 heterocycles. The lowest BCUT2D eigenvalue weighted by Crippen LogP contribution is -2.23. The maximum atomic E-state index is 6.28. The lowest BCUT2D eigenvalue weighted by molar-refractivity contribution is 0.596. The van der Waals surface area contributed by atoms with Crippen molar-refractivity contribution >= 4 is 54.8 Å². The minimum Gasteiger partial charge on any atom is -0.306 e. The average molecular weight is 438 g/mol. The van der Waals surface area contributed by atoms with Gasteiger partial charge in [0.15, 0.2) is 0 Å². The van der Waals surface area contributed by atoms with Crippen molar-refractivity contribution in [3.05, 3.63) is 53.6 Å². The zero-order valence-electron chi connectivity index (χ0n) is 11.3. The summed E-state index contributed by atoms with van der Waals surface area (Å²) in [6.07, 6.45) is 1.10. The molecule has 1 nitrogen and oxygen atoms in total. The molecule has 1 aromatic heterocycles. The maximum Gasteiger partial charge on any atom is 0.0761 e. The molecule has 2 aromatic rings. The van der Waals surface area contributed by atoms with Crippen LogP contribution < -0.4 is 5.32 Å². The van der Waals surface area contributed by atoms with Gasteiger partial charge in [-0.1, -0.05) is 30.7 Å². The zero-order chi connectivity index (χ0) is 14.7. The molecule has 1 aromatic carbocycles. The second-order valence-electron chi connectivity index (χ2n) is 4.62. The Morgan fingerprint density at radius 2 is 2.05 bits per heavy atom. The second-order valence-corrected chi connectivity index (χ2v) is 8.78. The van der Waals surface area contributed by atoms with Crippen LogP contribution in [0.15, 0.2) is 31.8 Å². The van der Waals surface area contributed by atoms with Crippen LogP contribution in [0.25, 0.3) is 0 Å². The van der Waals surface area contributed by atoms with Crippen LogP contribution in [-0.2, 0) is 0 Å². The molecule has 1 N–H and O–H groups in total. The fourth-order valence-corrected chi connectivity index (χ4v) is 5.25. The molecule has 108 valence electrons. The van der Waals surface area contributed by atoms with Crippen LogP contribution in [0.2, 0.25) is 5.02 Å². The fourth-order valence-electron chi connectivity index (χ4n) is 2.16. The van der Waals surface area contributed by atoms with Gasteiger partial charge in [-0.25, -0.2) is 0 Å². The van der Waals surface area contributed by atoms with Crippen molar-refractivity contribution in [1.82, 2.24) is 5.32 Å². The Hall–Kier alpha value is 0.130. The lowest BCUT2D eigenvalue weighted by Gasteiger charge is -2.21. The molecule has 1 atom stereocenters. The summed E-state index contributed by atoms with van der Waals surface area (Å²) in [4.78, 5) is 0. The van der Waals surface area contributed by atoms with Gasteiger partial charge in [-0.15, -0.1) is 11.3 Å². The molecule has 0 aliphatic carbocycles. The Morgan fingerprint density at radius 3 is 2.65 bits per heavy atom. The van der Waals surface area contributed by atoms with Crippen molar-refractivity contribution < 1.29 is 0 Å². The molecule has 0 radical (unpaired) electrons. The van der Waals surface area contributed by atoms with Crippen LogP contribution in [0.5, 0.6) is 0 Å². The van der Waals surface area contributed by atoms with Crippen molar-refractivity contribution in [3.8, 4) is 0 Å². The number of nitrogens with one attached hydrogen (secondary N) is 1. The van der Waals surface area contributed by atoms with Gasteiger partial charge >= 0.3 is 0 Å². The first-order chi connectivity index (χ1) is 9.54. The number of hydrogen-bond donors (Lipinski definition) is 1. The number of rotatable bonds is 5. The zero-order valence-corrected chi connectivity index (χ0v) is 16.1. The highest BCUT2D eigenvalue weighted by molar-refractivity contribution is 9.12. The summed E-state index contributed by atoms with van der Waals surface area (Å²) in [6.45, 7) is 5.22. The van der Waals surface area contributed by atoms with E-state index < -0.39 is 0 Å². The predicted octanol–water partition coefficient (Wildman–Crippen LogP) is 6.32. The van der Waals surface area contributed by atoms with E-state index in [1.54, 1.807) is 11.3 Å². The van der Waals surface area contributed by atoms with Crippen LogP contribution >= 0.6 is 54.8 Å². The fraction of sp³-hybridized carbons (Fsp3) is 0.333. The summed E-state index contributed by atoms with van der Waals surface area (Å²) in [6, 6.07) is 8.43. The molecule has 0 saturated carbocycles. The molecule has 0 amide bonds. The highest BCUT2D eigenvalue weighted by Crippen LogP contribution is 2.39. The SMILES string of the molecule is CCCNC(c1cc(Br)sc1Br)c1cccc(Cl)c1C. The third-order valence-electron chi connectivity index (χ3n) is 3.21. The van der Waals surface area contributed by atoms with Crippen LogP contribution in [0, 0.1) is 6.92 Å². The third kappa shape index (κ3) is 3.66. The predicted molar refractivity (Wildman–Crippen MR) is 96.0 cm³/mol. The molecule has 0 aliphatic rings. The first-order valence-electron chi connectivity index (χ1n) is 6.47. The summed E-state index contributed by atoms with van der Waals surface area (Å²) in [5, 5.41) is 4.44. The maximum absolute atomic E-state index is 6.28. The highest BCUT2D eigenvalue weighted by Gasteiger charge is 2.20. The minimum atomic E-state index is 0.158. The van der Waals surface area contributed by atoms with Crippen LogP contribution in [-0.4, -0.2) is 6.54 Å². The Labute approximate surface area is 146 Å². The highest BCUT2D eigenvalue weighted by atomic mass is 79.9. The quantitative estimate of drug-likeness (QED) is 0.577. The van der Waals surface area contributed by atoms with Gasteiger partial charge in [0.05, 0.1) is 13.6 Å². The number of hydrogen-bond acceptors (Lipinski definition) is 2. The molecular formula is C15H16Br2ClNS. The Balaban J connectivity index is 2.47. The Kier molecular flexibility index (Phi) is 6.11. The van der Waals surface area contributed by atoms with Crippen LogP contribution in [0.1, 0.15) is 36.1 Å². The van der Waals surface area contributed by atoms with E-state index in [-0.39, 0.29) is 6.04 Å². The molecule has 0 spiro atoms. The molecule has 0 aliphatic heterocycles. The van der Waals surface area contributed by atoms with Crippen LogP contribution in [0.4, 0.5) is 0 Å². The summed E-state index contributed by atoms with van der Waals surface area (Å²) >= 11 is 15.2. The van der Waals surface area contributed by atoms with Gasteiger partial charge in [0.1, 0.15) is 0 Å². The average Bonchev–Trinajstić information content (AvgIpc) is 2.74. The van der Waals surface area contributed by atoms with Crippen molar-refractivity contribution in [1.29, 1.82) is 0 Å². The van der Waals surface area contributed by atoms with Crippen molar-refractivity contribution in [2.75, 3.05) is 6.54 Å². The van der Waals surface area contributed by atoms with E-state index in [1.807, 2.05) is 12.1 Å². The smallest absolute Gasteiger partial charge is 0.0761 e. The van der Waals surface area contributed by atoms with Crippen molar-refractivity contribution in [3.63, 3.8) is 0 Å². The number of thiophene rings is 1. The summed E-state index contributed by atoms with van der Waals surface area (Å²) < 4.78 is 2.28. The first kappa shape index (κ1) is 16.5. The van der Waals surface area contributed by atoms with Gasteiger partial charge in [-0.05, 0) is 80.6 Å². The van der Waals surface area contributed by atoms with E-state index in [0.29, 0.717) is 0 Å². The molecule has 0 bridgehead atoms. The van der Waals surface area contributed by atoms with E-state index in [2.05, 4.69) is 63.2 Å². The Bertz CT molecular complexity index is 598. The summed E-state index contributed by atoms with van der Waals surface area (Å²) in [5.74, 6) is 0. The number of benzene rings is 1. The summed E-state index contributed by atoms with van der Waals surface area (Å²) in [5.41, 5.74) is 3.62. The number of halogens is 3. The summed E-state index contributed by atoms with van der Waals surface area (Å²) in [7, 11) is 0. The van der Waals surface area contributed by atoms with Gasteiger partial charge < -0.3 is 5.32 Å². The van der Waals surface area contributed by atoms with E-state index in [9.17, 15) is 0 Å². The van der Waals surface area contributed by atoms with Gasteiger partial charge in [0.25, 0.3) is 0 Å². The Morgan fingerprint density at radius 1 is 1.30 bits per heavy atom.